The molecule has 1 aliphatic carbocycles. The molecule has 1 saturated carbocycles. The van der Waals surface area contributed by atoms with E-state index in [1.54, 1.807) is 0 Å². The number of carbonyl (C=O) groups excluding carboxylic acids is 1. The predicted octanol–water partition coefficient (Wildman–Crippen LogP) is 0.951. The number of piperazine rings is 1. The highest BCUT2D eigenvalue weighted by Gasteiger charge is 2.21. The SMILES string of the molecule is O=CN1CCN(CC2CCCC2)CC1. The summed E-state index contributed by atoms with van der Waals surface area (Å²) in [7, 11) is 0. The van der Waals surface area contributed by atoms with Gasteiger partial charge >= 0.3 is 0 Å². The van der Waals surface area contributed by atoms with Crippen molar-refractivity contribution in [2.45, 2.75) is 25.7 Å². The summed E-state index contributed by atoms with van der Waals surface area (Å²) in [5.74, 6) is 0.942. The Hall–Kier alpha value is -0.570. The molecule has 2 aliphatic rings. The van der Waals surface area contributed by atoms with Crippen molar-refractivity contribution in [3.63, 3.8) is 0 Å². The first-order valence-electron chi connectivity index (χ1n) is 5.80. The van der Waals surface area contributed by atoms with Crippen molar-refractivity contribution in [2.75, 3.05) is 32.7 Å². The summed E-state index contributed by atoms with van der Waals surface area (Å²) < 4.78 is 0. The predicted molar refractivity (Wildman–Crippen MR) is 56.0 cm³/mol. The second-order valence-corrected chi connectivity index (χ2v) is 4.59. The molecule has 0 aromatic carbocycles. The van der Waals surface area contributed by atoms with E-state index < -0.39 is 0 Å². The summed E-state index contributed by atoms with van der Waals surface area (Å²) in [5.41, 5.74) is 0. The van der Waals surface area contributed by atoms with E-state index in [1.165, 1.54) is 32.2 Å². The molecule has 1 aliphatic heterocycles. The Morgan fingerprint density at radius 3 is 2.29 bits per heavy atom. The number of hydrogen-bond donors (Lipinski definition) is 0. The van der Waals surface area contributed by atoms with Crippen molar-refractivity contribution in [3.8, 4) is 0 Å². The topological polar surface area (TPSA) is 23.6 Å². The summed E-state index contributed by atoms with van der Waals surface area (Å²) in [6.07, 6.45) is 6.69. The van der Waals surface area contributed by atoms with E-state index in [0.717, 1.165) is 38.5 Å². The molecular weight excluding hydrogens is 176 g/mol. The maximum Gasteiger partial charge on any atom is 0.209 e. The second kappa shape index (κ2) is 4.78. The fraction of sp³-hybridized carbons (Fsp3) is 0.909. The maximum absolute atomic E-state index is 10.5. The number of hydrogen-bond acceptors (Lipinski definition) is 2. The van der Waals surface area contributed by atoms with Gasteiger partial charge in [0, 0.05) is 32.7 Å². The lowest BCUT2D eigenvalue weighted by Crippen LogP contribution is -2.46. The minimum atomic E-state index is 0.927. The maximum atomic E-state index is 10.5. The van der Waals surface area contributed by atoms with Crippen molar-refractivity contribution in [3.05, 3.63) is 0 Å². The lowest BCUT2D eigenvalue weighted by Gasteiger charge is -2.33. The zero-order valence-electron chi connectivity index (χ0n) is 8.82. The highest BCUT2D eigenvalue weighted by Crippen LogP contribution is 2.25. The van der Waals surface area contributed by atoms with Crippen molar-refractivity contribution < 1.29 is 4.79 Å². The van der Waals surface area contributed by atoms with E-state index in [-0.39, 0.29) is 0 Å². The van der Waals surface area contributed by atoms with Gasteiger partial charge in [-0.1, -0.05) is 12.8 Å². The quantitative estimate of drug-likeness (QED) is 0.627. The first-order chi connectivity index (χ1) is 6.88. The van der Waals surface area contributed by atoms with E-state index in [1.807, 2.05) is 4.90 Å². The van der Waals surface area contributed by atoms with Gasteiger partial charge in [0.05, 0.1) is 0 Å². The molecular formula is C11H20N2O. The minimum absolute atomic E-state index is 0.927. The van der Waals surface area contributed by atoms with Crippen molar-refractivity contribution in [1.29, 1.82) is 0 Å². The summed E-state index contributed by atoms with van der Waals surface area (Å²) in [6, 6.07) is 0. The van der Waals surface area contributed by atoms with Gasteiger partial charge in [0.25, 0.3) is 0 Å². The number of carbonyl (C=O) groups is 1. The minimum Gasteiger partial charge on any atom is -0.343 e. The lowest BCUT2D eigenvalue weighted by atomic mass is 10.1. The van der Waals surface area contributed by atoms with Gasteiger partial charge in [0.2, 0.25) is 6.41 Å². The Bertz CT molecular complexity index is 182. The standard InChI is InChI=1S/C11H20N2O/c14-10-13-7-5-12(6-8-13)9-11-3-1-2-4-11/h10-11H,1-9H2. The smallest absolute Gasteiger partial charge is 0.209 e. The molecule has 14 heavy (non-hydrogen) atoms. The van der Waals surface area contributed by atoms with Crippen LogP contribution in [0.25, 0.3) is 0 Å². The average Bonchev–Trinajstić information content (AvgIpc) is 2.72. The molecule has 0 unspecified atom stereocenters. The zero-order valence-corrected chi connectivity index (χ0v) is 8.82. The van der Waals surface area contributed by atoms with Gasteiger partial charge in [0.1, 0.15) is 0 Å². The first-order valence-corrected chi connectivity index (χ1v) is 5.80. The number of nitrogens with zero attached hydrogens (tertiary/aromatic N) is 2. The molecule has 0 radical (unpaired) electrons. The van der Waals surface area contributed by atoms with Gasteiger partial charge in [0.15, 0.2) is 0 Å². The van der Waals surface area contributed by atoms with Crippen molar-refractivity contribution >= 4 is 6.41 Å². The molecule has 80 valence electrons. The van der Waals surface area contributed by atoms with Gasteiger partial charge in [-0.2, -0.15) is 0 Å². The number of amides is 1. The van der Waals surface area contributed by atoms with Crippen LogP contribution in [0.5, 0.6) is 0 Å². The summed E-state index contributed by atoms with van der Waals surface area (Å²) >= 11 is 0. The summed E-state index contributed by atoms with van der Waals surface area (Å²) in [6.45, 7) is 5.28. The Kier molecular flexibility index (Phi) is 3.40. The second-order valence-electron chi connectivity index (χ2n) is 4.59. The highest BCUT2D eigenvalue weighted by atomic mass is 16.1. The van der Waals surface area contributed by atoms with Crippen molar-refractivity contribution in [1.82, 2.24) is 9.80 Å². The third-order valence-electron chi connectivity index (χ3n) is 3.55. The van der Waals surface area contributed by atoms with Crippen molar-refractivity contribution in [2.24, 2.45) is 5.92 Å². The molecule has 0 spiro atoms. The van der Waals surface area contributed by atoms with Crippen LogP contribution in [0.15, 0.2) is 0 Å². The van der Waals surface area contributed by atoms with Gasteiger partial charge in [-0.15, -0.1) is 0 Å². The van der Waals surface area contributed by atoms with E-state index in [9.17, 15) is 4.79 Å². The molecule has 0 aromatic heterocycles. The molecule has 2 fully saturated rings. The van der Waals surface area contributed by atoms with E-state index in [2.05, 4.69) is 4.90 Å². The molecule has 3 nitrogen and oxygen atoms in total. The number of rotatable bonds is 3. The van der Waals surface area contributed by atoms with Gasteiger partial charge < -0.3 is 4.90 Å². The summed E-state index contributed by atoms with van der Waals surface area (Å²) in [5, 5.41) is 0. The Morgan fingerprint density at radius 2 is 1.71 bits per heavy atom. The largest absolute Gasteiger partial charge is 0.343 e. The molecule has 1 saturated heterocycles. The molecule has 3 heteroatoms. The summed E-state index contributed by atoms with van der Waals surface area (Å²) in [4.78, 5) is 14.9. The molecule has 0 N–H and O–H groups in total. The van der Waals surface area contributed by atoms with Gasteiger partial charge in [-0.25, -0.2) is 0 Å². The van der Waals surface area contributed by atoms with Crippen LogP contribution < -0.4 is 0 Å². The molecule has 0 bridgehead atoms. The Labute approximate surface area is 86.1 Å². The monoisotopic (exact) mass is 196 g/mol. The van der Waals surface area contributed by atoms with Crippen LogP contribution in [0.3, 0.4) is 0 Å². The van der Waals surface area contributed by atoms with Crippen LogP contribution in [0.4, 0.5) is 0 Å². The van der Waals surface area contributed by atoms with Crippen LogP contribution >= 0.6 is 0 Å². The van der Waals surface area contributed by atoms with E-state index in [4.69, 9.17) is 0 Å². The third-order valence-corrected chi connectivity index (χ3v) is 3.55. The molecule has 1 heterocycles. The Balaban J connectivity index is 1.69. The zero-order chi connectivity index (χ0) is 9.80. The first kappa shape index (κ1) is 9.97. The normalized spacial score (nSPS) is 25.6. The van der Waals surface area contributed by atoms with Gasteiger partial charge in [-0.05, 0) is 18.8 Å². The molecule has 0 aromatic rings. The lowest BCUT2D eigenvalue weighted by molar-refractivity contribution is -0.119. The van der Waals surface area contributed by atoms with E-state index >= 15 is 0 Å². The van der Waals surface area contributed by atoms with Crippen LogP contribution in [0.2, 0.25) is 0 Å². The van der Waals surface area contributed by atoms with Crippen LogP contribution in [0.1, 0.15) is 25.7 Å². The van der Waals surface area contributed by atoms with Crippen LogP contribution in [-0.4, -0.2) is 48.9 Å². The highest BCUT2D eigenvalue weighted by molar-refractivity contribution is 5.47. The molecule has 0 atom stereocenters. The Morgan fingerprint density at radius 1 is 1.07 bits per heavy atom. The molecule has 2 rings (SSSR count). The average molecular weight is 196 g/mol. The van der Waals surface area contributed by atoms with Crippen LogP contribution in [0, 0.1) is 5.92 Å². The van der Waals surface area contributed by atoms with E-state index in [0.29, 0.717) is 0 Å². The van der Waals surface area contributed by atoms with Crippen LogP contribution in [-0.2, 0) is 4.79 Å². The fourth-order valence-corrected chi connectivity index (χ4v) is 2.61. The molecule has 1 amide bonds. The van der Waals surface area contributed by atoms with Gasteiger partial charge in [-0.3, -0.25) is 9.69 Å². The fourth-order valence-electron chi connectivity index (χ4n) is 2.61. The third kappa shape index (κ3) is 2.47.